The third kappa shape index (κ3) is 56.5. The number of quaternary nitrogens is 1. The molecule has 1 amide bonds. The first-order valence-electron chi connectivity index (χ1n) is 31.2. The minimum absolute atomic E-state index is 0.00102. The van der Waals surface area contributed by atoms with E-state index in [2.05, 4.69) is 31.3 Å². The highest BCUT2D eigenvalue weighted by molar-refractivity contribution is 7.45. The van der Waals surface area contributed by atoms with Crippen LogP contribution in [0.2, 0.25) is 0 Å². The number of phosphoric acid groups is 1. The number of phosphoric ester groups is 1. The molecule has 71 heavy (non-hydrogen) atoms. The highest BCUT2D eigenvalue weighted by Crippen LogP contribution is 2.38. The van der Waals surface area contributed by atoms with Crippen LogP contribution in [0.5, 0.6) is 0 Å². The Bertz CT molecular complexity index is 1210. The number of amides is 1. The van der Waals surface area contributed by atoms with Gasteiger partial charge >= 0.3 is 0 Å². The van der Waals surface area contributed by atoms with Crippen molar-refractivity contribution in [2.75, 3.05) is 40.9 Å². The van der Waals surface area contributed by atoms with Crippen LogP contribution < -0.4 is 10.2 Å². The Hall–Kier alpha value is -1.02. The average Bonchev–Trinajstić information content (AvgIpc) is 3.33. The molecule has 3 atom stereocenters. The largest absolute Gasteiger partial charge is 0.756 e. The number of likely N-dealkylation sites (N-methyl/N-ethyl adjacent to an activating group) is 1. The molecule has 0 saturated carbocycles. The van der Waals surface area contributed by atoms with Gasteiger partial charge in [-0.25, -0.2) is 0 Å². The standard InChI is InChI=1S/C62H123N2O6P/c1-6-8-10-12-14-16-18-20-22-24-26-28-29-30-31-32-33-34-36-38-40-42-44-46-48-50-52-54-56-62(66)63-60(59-70-71(67,68)69-58-57-64(3,4)5)61(65)55-53-51-49-47-45-43-41-39-37-35-27-25-23-21-19-17-15-13-11-9-7-2/h30-31,53,55,60-61,65H,6-29,32-52,54,56-59H2,1-5H3,(H-,63,66,67,68)/b31-30-,55-53+. The van der Waals surface area contributed by atoms with Crippen LogP contribution in [-0.4, -0.2) is 68.5 Å². The van der Waals surface area contributed by atoms with Crippen molar-refractivity contribution in [3.63, 3.8) is 0 Å². The van der Waals surface area contributed by atoms with Gasteiger partial charge < -0.3 is 28.8 Å². The molecule has 0 aliphatic rings. The molecule has 0 aromatic rings. The number of aliphatic hydroxyl groups is 1. The third-order valence-electron chi connectivity index (χ3n) is 14.4. The van der Waals surface area contributed by atoms with Gasteiger partial charge in [0, 0.05) is 6.42 Å². The first-order valence-corrected chi connectivity index (χ1v) is 32.7. The summed E-state index contributed by atoms with van der Waals surface area (Å²) >= 11 is 0. The molecule has 0 spiro atoms. The highest BCUT2D eigenvalue weighted by atomic mass is 31.2. The predicted molar refractivity (Wildman–Crippen MR) is 307 cm³/mol. The molecule has 0 aliphatic heterocycles. The van der Waals surface area contributed by atoms with Crippen LogP contribution in [-0.2, 0) is 18.4 Å². The van der Waals surface area contributed by atoms with E-state index in [9.17, 15) is 19.4 Å². The molecule has 0 bridgehead atoms. The van der Waals surface area contributed by atoms with Crippen LogP contribution >= 0.6 is 7.82 Å². The van der Waals surface area contributed by atoms with E-state index in [1.54, 1.807) is 6.08 Å². The maximum absolute atomic E-state index is 13.0. The summed E-state index contributed by atoms with van der Waals surface area (Å²) in [5.41, 5.74) is 0. The zero-order valence-electron chi connectivity index (χ0n) is 48.2. The van der Waals surface area contributed by atoms with E-state index in [1.807, 2.05) is 27.2 Å². The third-order valence-corrected chi connectivity index (χ3v) is 15.4. The molecule has 0 fully saturated rings. The lowest BCUT2D eigenvalue weighted by Gasteiger charge is -2.29. The molecule has 0 heterocycles. The van der Waals surface area contributed by atoms with Crippen LogP contribution in [0, 0.1) is 0 Å². The van der Waals surface area contributed by atoms with Crippen molar-refractivity contribution < 1.29 is 32.9 Å². The topological polar surface area (TPSA) is 108 Å². The molecule has 0 saturated heterocycles. The number of unbranched alkanes of at least 4 members (excludes halogenated alkanes) is 43. The number of aliphatic hydroxyl groups excluding tert-OH is 1. The smallest absolute Gasteiger partial charge is 0.268 e. The Kier molecular flexibility index (Phi) is 53.0. The van der Waals surface area contributed by atoms with Crippen molar-refractivity contribution in [2.45, 2.75) is 328 Å². The molecule has 9 heteroatoms. The number of allylic oxidation sites excluding steroid dienone is 3. The van der Waals surface area contributed by atoms with Gasteiger partial charge in [0.2, 0.25) is 5.91 Å². The van der Waals surface area contributed by atoms with Gasteiger partial charge in [0.15, 0.2) is 0 Å². The number of nitrogens with one attached hydrogen (secondary N) is 1. The SMILES string of the molecule is CCCCCCCCCCCCCC/C=C\CCCCCCCCCCCCCCC(=O)NC(COP(=O)([O-])OCC[N+](C)(C)C)C(O)/C=C/CCCCCCCCCCCCCCCCCCCCC. The lowest BCUT2D eigenvalue weighted by Crippen LogP contribution is -2.45. The second-order valence-corrected chi connectivity index (χ2v) is 24.2. The summed E-state index contributed by atoms with van der Waals surface area (Å²) in [4.78, 5) is 25.5. The fraction of sp³-hybridized carbons (Fsp3) is 0.919. The lowest BCUT2D eigenvalue weighted by atomic mass is 10.0. The van der Waals surface area contributed by atoms with Crippen molar-refractivity contribution in [1.82, 2.24) is 5.32 Å². The first-order chi connectivity index (χ1) is 34.5. The maximum atomic E-state index is 13.0. The molecule has 422 valence electrons. The molecule has 0 aliphatic carbocycles. The number of carbonyl (C=O) groups is 1. The number of rotatable bonds is 58. The monoisotopic (exact) mass is 1020 g/mol. The van der Waals surface area contributed by atoms with Gasteiger partial charge in [0.05, 0.1) is 39.9 Å². The van der Waals surface area contributed by atoms with Gasteiger partial charge in [-0.15, -0.1) is 0 Å². The summed E-state index contributed by atoms with van der Waals surface area (Å²) in [5, 5.41) is 13.9. The Morgan fingerprint density at radius 1 is 0.479 bits per heavy atom. The van der Waals surface area contributed by atoms with Gasteiger partial charge in [-0.1, -0.05) is 289 Å². The van der Waals surface area contributed by atoms with E-state index in [0.717, 1.165) is 38.5 Å². The van der Waals surface area contributed by atoms with E-state index in [0.29, 0.717) is 17.4 Å². The number of carbonyl (C=O) groups excluding carboxylic acids is 1. The second kappa shape index (κ2) is 53.8. The predicted octanol–water partition coefficient (Wildman–Crippen LogP) is 18.5. The van der Waals surface area contributed by atoms with Crippen LogP contribution in [0.15, 0.2) is 24.3 Å². The quantitative estimate of drug-likeness (QED) is 0.0272. The van der Waals surface area contributed by atoms with E-state index in [-0.39, 0.29) is 19.1 Å². The van der Waals surface area contributed by atoms with Crippen molar-refractivity contribution in [3.8, 4) is 0 Å². The van der Waals surface area contributed by atoms with Crippen LogP contribution in [0.4, 0.5) is 0 Å². The summed E-state index contributed by atoms with van der Waals surface area (Å²) < 4.78 is 23.4. The van der Waals surface area contributed by atoms with Crippen LogP contribution in [0.1, 0.15) is 316 Å². The molecular weight excluding hydrogens is 900 g/mol. The fourth-order valence-electron chi connectivity index (χ4n) is 9.50. The normalized spacial score (nSPS) is 14.0. The molecule has 0 aromatic carbocycles. The van der Waals surface area contributed by atoms with E-state index < -0.39 is 20.0 Å². The first kappa shape index (κ1) is 70.0. The number of hydrogen-bond acceptors (Lipinski definition) is 6. The molecule has 3 unspecified atom stereocenters. The summed E-state index contributed by atoms with van der Waals surface area (Å²) in [6, 6.07) is -0.885. The second-order valence-electron chi connectivity index (χ2n) is 22.8. The van der Waals surface area contributed by atoms with Crippen molar-refractivity contribution in [2.24, 2.45) is 0 Å². The maximum Gasteiger partial charge on any atom is 0.268 e. The average molecular weight is 1020 g/mol. The number of nitrogens with zero attached hydrogens (tertiary/aromatic N) is 1. The summed E-state index contributed by atoms with van der Waals surface area (Å²) in [7, 11) is 1.27. The number of hydrogen-bond donors (Lipinski definition) is 2. The van der Waals surface area contributed by atoms with Gasteiger partial charge in [-0.05, 0) is 44.9 Å². The van der Waals surface area contributed by atoms with Gasteiger partial charge in [-0.3, -0.25) is 9.36 Å². The zero-order valence-corrected chi connectivity index (χ0v) is 49.1. The molecule has 0 rings (SSSR count). The highest BCUT2D eigenvalue weighted by Gasteiger charge is 2.23. The van der Waals surface area contributed by atoms with E-state index in [4.69, 9.17) is 9.05 Å². The minimum atomic E-state index is -4.60. The minimum Gasteiger partial charge on any atom is -0.756 e. The van der Waals surface area contributed by atoms with E-state index in [1.165, 1.54) is 257 Å². The molecule has 2 N–H and O–H groups in total. The molecule has 0 radical (unpaired) electrons. The fourth-order valence-corrected chi connectivity index (χ4v) is 10.2. The summed E-state index contributed by atoms with van der Waals surface area (Å²) in [6.45, 7) is 4.70. The van der Waals surface area contributed by atoms with Crippen molar-refractivity contribution >= 4 is 13.7 Å². The molecular formula is C62H123N2O6P. The van der Waals surface area contributed by atoms with Crippen molar-refractivity contribution in [3.05, 3.63) is 24.3 Å². The Morgan fingerprint density at radius 2 is 0.775 bits per heavy atom. The molecule has 0 aromatic heterocycles. The molecule has 8 nitrogen and oxygen atoms in total. The van der Waals surface area contributed by atoms with Crippen LogP contribution in [0.3, 0.4) is 0 Å². The van der Waals surface area contributed by atoms with Gasteiger partial charge in [0.1, 0.15) is 13.2 Å². The van der Waals surface area contributed by atoms with Crippen molar-refractivity contribution in [1.29, 1.82) is 0 Å². The van der Waals surface area contributed by atoms with Gasteiger partial charge in [0.25, 0.3) is 7.82 Å². The lowest BCUT2D eigenvalue weighted by molar-refractivity contribution is -0.870. The zero-order chi connectivity index (χ0) is 52.0. The van der Waals surface area contributed by atoms with Crippen LogP contribution in [0.25, 0.3) is 0 Å². The Morgan fingerprint density at radius 3 is 1.10 bits per heavy atom. The summed E-state index contributed by atoms with van der Waals surface area (Å²) in [6.07, 6.45) is 68.4. The Balaban J connectivity index is 4.12. The summed E-state index contributed by atoms with van der Waals surface area (Å²) in [5.74, 6) is -0.192. The van der Waals surface area contributed by atoms with Gasteiger partial charge in [-0.2, -0.15) is 0 Å². The Labute approximate surface area is 443 Å². The van der Waals surface area contributed by atoms with E-state index >= 15 is 0 Å².